The lowest BCUT2D eigenvalue weighted by Gasteiger charge is -2.15. The van der Waals surface area contributed by atoms with Crippen LogP contribution >= 0.6 is 11.3 Å². The molecular formula is C24H21N5S. The van der Waals surface area contributed by atoms with E-state index in [0.29, 0.717) is 6.54 Å². The Kier molecular flexibility index (Phi) is 4.32. The summed E-state index contributed by atoms with van der Waals surface area (Å²) in [6, 6.07) is 21.0. The highest BCUT2D eigenvalue weighted by molar-refractivity contribution is 7.15. The minimum absolute atomic E-state index is 0.542. The van der Waals surface area contributed by atoms with Crippen LogP contribution in [0, 0.1) is 0 Å². The molecule has 2 aliphatic rings. The van der Waals surface area contributed by atoms with E-state index in [0.717, 1.165) is 43.3 Å². The summed E-state index contributed by atoms with van der Waals surface area (Å²) in [4.78, 5) is 6.46. The van der Waals surface area contributed by atoms with Gasteiger partial charge in [-0.1, -0.05) is 60.7 Å². The molecule has 148 valence electrons. The minimum atomic E-state index is 0.542. The lowest BCUT2D eigenvalue weighted by Crippen LogP contribution is -2.23. The van der Waals surface area contributed by atoms with E-state index in [1.165, 1.54) is 32.1 Å². The van der Waals surface area contributed by atoms with Gasteiger partial charge in [-0.3, -0.25) is 9.56 Å². The Morgan fingerprint density at radius 1 is 0.967 bits per heavy atom. The number of nitrogens with zero attached hydrogens (tertiary/aromatic N) is 4. The molecule has 1 N–H and O–H groups in total. The second-order valence-corrected chi connectivity index (χ2v) is 8.76. The van der Waals surface area contributed by atoms with Crippen molar-refractivity contribution in [3.05, 3.63) is 99.4 Å². The van der Waals surface area contributed by atoms with Gasteiger partial charge >= 0.3 is 0 Å². The van der Waals surface area contributed by atoms with E-state index in [2.05, 4.69) is 74.7 Å². The number of thiophene rings is 1. The molecule has 0 unspecified atom stereocenters. The molecule has 2 aromatic heterocycles. The molecule has 0 radical (unpaired) electrons. The molecule has 0 amide bonds. The van der Waals surface area contributed by atoms with E-state index in [1.54, 1.807) is 0 Å². The second-order valence-electron chi connectivity index (χ2n) is 7.67. The molecule has 6 heteroatoms. The van der Waals surface area contributed by atoms with Gasteiger partial charge in [-0.2, -0.15) is 0 Å². The fourth-order valence-corrected chi connectivity index (χ4v) is 5.72. The summed E-state index contributed by atoms with van der Waals surface area (Å²) in [6.45, 7) is 2.46. The van der Waals surface area contributed by atoms with Gasteiger partial charge in [-0.15, -0.1) is 21.5 Å². The van der Waals surface area contributed by atoms with Crippen LogP contribution in [-0.4, -0.2) is 27.0 Å². The molecule has 30 heavy (non-hydrogen) atoms. The predicted octanol–water partition coefficient (Wildman–Crippen LogP) is 3.92. The van der Waals surface area contributed by atoms with Crippen LogP contribution < -0.4 is 5.32 Å². The highest BCUT2D eigenvalue weighted by Crippen LogP contribution is 2.38. The summed E-state index contributed by atoms with van der Waals surface area (Å²) in [5, 5.41) is 13.9. The summed E-state index contributed by atoms with van der Waals surface area (Å²) in [6.07, 6.45) is 1.78. The zero-order valence-corrected chi connectivity index (χ0v) is 17.3. The van der Waals surface area contributed by atoms with Gasteiger partial charge in [0, 0.05) is 29.0 Å². The Balaban J connectivity index is 1.55. The van der Waals surface area contributed by atoms with Crippen molar-refractivity contribution in [3.63, 3.8) is 0 Å². The minimum Gasteiger partial charge on any atom is -0.312 e. The second kappa shape index (κ2) is 7.31. The molecular weight excluding hydrogens is 390 g/mol. The van der Waals surface area contributed by atoms with Crippen molar-refractivity contribution >= 4 is 17.0 Å². The molecule has 0 bridgehead atoms. The van der Waals surface area contributed by atoms with Gasteiger partial charge in [-0.05, 0) is 24.1 Å². The van der Waals surface area contributed by atoms with Gasteiger partial charge in [-0.25, -0.2) is 0 Å². The van der Waals surface area contributed by atoms with Crippen LogP contribution in [0.3, 0.4) is 0 Å². The number of rotatable bonds is 3. The molecule has 0 saturated carbocycles. The van der Waals surface area contributed by atoms with Crippen molar-refractivity contribution in [1.82, 2.24) is 20.1 Å². The first kappa shape index (κ1) is 17.7. The van der Waals surface area contributed by atoms with Crippen molar-refractivity contribution in [2.24, 2.45) is 4.99 Å². The Hall–Kier alpha value is -3.09. The normalized spacial score (nSPS) is 15.0. The molecule has 2 aromatic carbocycles. The monoisotopic (exact) mass is 411 g/mol. The third-order valence-electron chi connectivity index (χ3n) is 5.78. The molecule has 0 fully saturated rings. The van der Waals surface area contributed by atoms with Gasteiger partial charge in [0.15, 0.2) is 5.82 Å². The van der Waals surface area contributed by atoms with Crippen LogP contribution in [0.2, 0.25) is 0 Å². The Morgan fingerprint density at radius 2 is 1.77 bits per heavy atom. The highest BCUT2D eigenvalue weighted by atomic mass is 32.1. The third kappa shape index (κ3) is 2.91. The molecule has 0 atom stereocenters. The Labute approximate surface area is 179 Å². The quantitative estimate of drug-likeness (QED) is 0.556. The van der Waals surface area contributed by atoms with Crippen LogP contribution in [0.4, 0.5) is 0 Å². The molecule has 0 spiro atoms. The summed E-state index contributed by atoms with van der Waals surface area (Å²) >= 11 is 1.86. The van der Waals surface area contributed by atoms with Crippen molar-refractivity contribution in [2.75, 3.05) is 6.54 Å². The average molecular weight is 412 g/mol. The zero-order chi connectivity index (χ0) is 19.9. The fourth-order valence-electron chi connectivity index (χ4n) is 4.37. The van der Waals surface area contributed by atoms with Crippen molar-refractivity contribution < 1.29 is 0 Å². The third-order valence-corrected chi connectivity index (χ3v) is 6.99. The van der Waals surface area contributed by atoms with E-state index in [-0.39, 0.29) is 0 Å². The van der Waals surface area contributed by atoms with E-state index < -0.39 is 0 Å². The smallest absolute Gasteiger partial charge is 0.160 e. The van der Waals surface area contributed by atoms with Gasteiger partial charge < -0.3 is 5.32 Å². The SMILES string of the molecule is c1ccc(Cc2nnc3n2-c2sc4c(c2C(c2ccccc2)=NC3)CCNC4)cc1. The molecule has 0 saturated heterocycles. The standard InChI is InChI=1S/C24H21N5S/c1-3-7-16(8-4-1)13-20-27-28-21-15-26-23(17-9-5-2-6-10-17)22-18-11-12-25-14-19(18)30-24(22)29(20)21/h1-10,25H,11-15H2. The number of hydrogen-bond donors (Lipinski definition) is 1. The molecule has 0 aliphatic carbocycles. The number of nitrogens with one attached hydrogen (secondary N) is 1. The van der Waals surface area contributed by atoms with Crippen LogP contribution in [0.1, 0.15) is 38.8 Å². The van der Waals surface area contributed by atoms with Crippen LogP contribution in [0.5, 0.6) is 0 Å². The Bertz CT molecular complexity index is 1240. The molecule has 4 heterocycles. The number of aromatic nitrogens is 3. The van der Waals surface area contributed by atoms with Crippen LogP contribution in [0.25, 0.3) is 5.00 Å². The first-order valence-corrected chi connectivity index (χ1v) is 11.1. The first-order valence-electron chi connectivity index (χ1n) is 10.3. The predicted molar refractivity (Wildman–Crippen MR) is 120 cm³/mol. The molecule has 4 aromatic rings. The number of hydrogen-bond acceptors (Lipinski definition) is 5. The largest absolute Gasteiger partial charge is 0.312 e. The van der Waals surface area contributed by atoms with Crippen LogP contribution in [-0.2, 0) is 25.9 Å². The number of aliphatic imine (C=N–C) groups is 1. The molecule has 2 aliphatic heterocycles. The van der Waals surface area contributed by atoms with Crippen molar-refractivity contribution in [1.29, 1.82) is 0 Å². The summed E-state index contributed by atoms with van der Waals surface area (Å²) in [5.41, 5.74) is 6.20. The van der Waals surface area contributed by atoms with Gasteiger partial charge in [0.1, 0.15) is 17.4 Å². The Morgan fingerprint density at radius 3 is 2.60 bits per heavy atom. The number of benzene rings is 2. The zero-order valence-electron chi connectivity index (χ0n) is 16.5. The lowest BCUT2D eigenvalue weighted by atomic mass is 9.96. The van der Waals surface area contributed by atoms with E-state index in [4.69, 9.17) is 4.99 Å². The fraction of sp³-hybridized carbons (Fsp3) is 0.208. The summed E-state index contributed by atoms with van der Waals surface area (Å²) < 4.78 is 2.27. The van der Waals surface area contributed by atoms with E-state index in [9.17, 15) is 0 Å². The highest BCUT2D eigenvalue weighted by Gasteiger charge is 2.30. The van der Waals surface area contributed by atoms with Crippen LogP contribution in [0.15, 0.2) is 65.7 Å². The topological polar surface area (TPSA) is 55.1 Å². The van der Waals surface area contributed by atoms with Crippen molar-refractivity contribution in [2.45, 2.75) is 25.9 Å². The van der Waals surface area contributed by atoms with Gasteiger partial charge in [0.2, 0.25) is 0 Å². The maximum atomic E-state index is 5.06. The maximum Gasteiger partial charge on any atom is 0.160 e. The average Bonchev–Trinajstić information content (AvgIpc) is 3.32. The maximum absolute atomic E-state index is 5.06. The number of fused-ring (bicyclic) bond motifs is 5. The van der Waals surface area contributed by atoms with Crippen molar-refractivity contribution in [3.8, 4) is 5.00 Å². The molecule has 6 rings (SSSR count). The summed E-state index contributed by atoms with van der Waals surface area (Å²) in [5.74, 6) is 1.90. The van der Waals surface area contributed by atoms with Gasteiger partial charge in [0.05, 0.1) is 5.71 Å². The summed E-state index contributed by atoms with van der Waals surface area (Å²) in [7, 11) is 0. The lowest BCUT2D eigenvalue weighted by molar-refractivity contribution is 0.654. The molecule has 5 nitrogen and oxygen atoms in total. The van der Waals surface area contributed by atoms with Gasteiger partial charge in [0.25, 0.3) is 0 Å². The van der Waals surface area contributed by atoms with E-state index in [1.807, 2.05) is 17.4 Å². The first-order chi connectivity index (χ1) is 14.9. The van der Waals surface area contributed by atoms with E-state index >= 15 is 0 Å².